The molecule has 0 heterocycles. The first-order valence-electron chi connectivity index (χ1n) is 10.3. The molecule has 0 amide bonds. The van der Waals surface area contributed by atoms with Crippen LogP contribution in [0.4, 0.5) is 5.69 Å². The molecule has 0 fully saturated rings. The van der Waals surface area contributed by atoms with Crippen molar-refractivity contribution in [1.82, 2.24) is 0 Å². The van der Waals surface area contributed by atoms with Gasteiger partial charge in [0, 0.05) is 11.1 Å². The van der Waals surface area contributed by atoms with Gasteiger partial charge in [-0.1, -0.05) is 76.6 Å². The number of nitrogens with two attached hydrogens (primary N) is 1. The maximum Gasteiger partial charge on any atom is 0.343 e. The minimum absolute atomic E-state index is 0.128. The summed E-state index contributed by atoms with van der Waals surface area (Å²) in [5.74, 6) is 0.138. The molecule has 0 bridgehead atoms. The first-order valence-corrected chi connectivity index (χ1v) is 10.3. The molecule has 0 aliphatic heterocycles. The molecule has 3 nitrogen and oxygen atoms in total. The fraction of sp³-hybridized carbons (Fsp3) is 0.296. The molecule has 3 heteroatoms. The molecule has 2 aromatic carbocycles. The molecule has 0 unspecified atom stereocenters. The first kappa shape index (κ1) is 21.6. The van der Waals surface area contributed by atoms with Gasteiger partial charge in [0.15, 0.2) is 0 Å². The SMILES string of the molecule is CC(C)(C)C1=CC=C(C(C)(C)c2ccc(OC(=O)c3ccc(N)cc3)cc2)CC=C1. The maximum absolute atomic E-state index is 12.3. The summed E-state index contributed by atoms with van der Waals surface area (Å²) in [6.45, 7) is 11.2. The van der Waals surface area contributed by atoms with Crippen molar-refractivity contribution >= 4 is 11.7 Å². The second kappa shape index (κ2) is 8.35. The standard InChI is InChI=1S/C27H31NO2/c1-26(2,3)20-7-6-8-21(12-11-20)27(4,5)22-13-17-24(18-14-22)30-25(29)19-9-15-23(28)16-10-19/h6-7,9-18H,8,28H2,1-5H3. The number of esters is 1. The number of anilines is 1. The van der Waals surface area contributed by atoms with E-state index in [9.17, 15) is 4.79 Å². The minimum Gasteiger partial charge on any atom is -0.423 e. The smallest absolute Gasteiger partial charge is 0.343 e. The topological polar surface area (TPSA) is 52.3 Å². The van der Waals surface area contributed by atoms with Crippen LogP contribution in [0.15, 0.2) is 84.0 Å². The molecule has 0 radical (unpaired) electrons. The highest BCUT2D eigenvalue weighted by Gasteiger charge is 2.26. The summed E-state index contributed by atoms with van der Waals surface area (Å²) >= 11 is 0. The van der Waals surface area contributed by atoms with Gasteiger partial charge in [0.1, 0.15) is 5.75 Å². The third-order valence-electron chi connectivity index (χ3n) is 5.70. The Morgan fingerprint density at radius 2 is 1.53 bits per heavy atom. The highest BCUT2D eigenvalue weighted by atomic mass is 16.5. The van der Waals surface area contributed by atoms with Crippen LogP contribution in [0, 0.1) is 5.41 Å². The van der Waals surface area contributed by atoms with Crippen LogP contribution < -0.4 is 10.5 Å². The molecule has 0 spiro atoms. The minimum atomic E-state index is -0.390. The number of hydrogen-bond acceptors (Lipinski definition) is 3. The third kappa shape index (κ3) is 4.91. The highest BCUT2D eigenvalue weighted by molar-refractivity contribution is 5.91. The summed E-state index contributed by atoms with van der Waals surface area (Å²) in [6, 6.07) is 14.5. The Morgan fingerprint density at radius 1 is 0.900 bits per heavy atom. The van der Waals surface area contributed by atoms with Gasteiger partial charge in [-0.3, -0.25) is 0 Å². The van der Waals surface area contributed by atoms with Gasteiger partial charge in [-0.2, -0.15) is 0 Å². The third-order valence-corrected chi connectivity index (χ3v) is 5.70. The van der Waals surface area contributed by atoms with Crippen molar-refractivity contribution in [3.05, 3.63) is 95.1 Å². The van der Waals surface area contributed by atoms with Gasteiger partial charge < -0.3 is 10.5 Å². The molecule has 156 valence electrons. The predicted molar refractivity (Wildman–Crippen MR) is 125 cm³/mol. The average Bonchev–Trinajstić information content (AvgIpc) is 2.96. The zero-order valence-electron chi connectivity index (χ0n) is 18.5. The molecule has 0 atom stereocenters. The van der Waals surface area contributed by atoms with E-state index in [4.69, 9.17) is 10.5 Å². The summed E-state index contributed by atoms with van der Waals surface area (Å²) in [4.78, 5) is 12.3. The highest BCUT2D eigenvalue weighted by Crippen LogP contribution is 2.37. The lowest BCUT2D eigenvalue weighted by atomic mass is 9.76. The molecular formula is C27H31NO2. The van der Waals surface area contributed by atoms with Crippen LogP contribution in [0.2, 0.25) is 0 Å². The summed E-state index contributed by atoms with van der Waals surface area (Å²) in [7, 11) is 0. The second-order valence-corrected chi connectivity index (χ2v) is 9.33. The molecule has 1 aliphatic rings. The van der Waals surface area contributed by atoms with Crippen molar-refractivity contribution in [3.8, 4) is 5.75 Å². The van der Waals surface area contributed by atoms with Crippen LogP contribution in [0.1, 0.15) is 57.0 Å². The van der Waals surface area contributed by atoms with E-state index in [2.05, 4.69) is 58.9 Å². The summed E-state index contributed by atoms with van der Waals surface area (Å²) in [5.41, 5.74) is 10.6. The van der Waals surface area contributed by atoms with Gasteiger partial charge in [0.05, 0.1) is 5.56 Å². The van der Waals surface area contributed by atoms with Gasteiger partial charge in [0.25, 0.3) is 0 Å². The predicted octanol–water partition coefficient (Wildman–Crippen LogP) is 6.62. The quantitative estimate of drug-likeness (QED) is 0.356. The maximum atomic E-state index is 12.3. The van der Waals surface area contributed by atoms with E-state index >= 15 is 0 Å². The van der Waals surface area contributed by atoms with Crippen molar-refractivity contribution < 1.29 is 9.53 Å². The number of carbonyl (C=O) groups is 1. The fourth-order valence-corrected chi connectivity index (χ4v) is 3.50. The van der Waals surface area contributed by atoms with Crippen LogP contribution in [0.3, 0.4) is 0 Å². The van der Waals surface area contributed by atoms with Crippen molar-refractivity contribution in [2.24, 2.45) is 5.41 Å². The number of nitrogen functional groups attached to an aromatic ring is 1. The number of benzene rings is 2. The lowest BCUT2D eigenvalue weighted by molar-refractivity contribution is 0.0735. The lowest BCUT2D eigenvalue weighted by Crippen LogP contribution is -2.20. The second-order valence-electron chi connectivity index (χ2n) is 9.33. The van der Waals surface area contributed by atoms with E-state index < -0.39 is 5.97 Å². The van der Waals surface area contributed by atoms with Crippen LogP contribution >= 0.6 is 0 Å². The number of ether oxygens (including phenoxy) is 1. The van der Waals surface area contributed by atoms with Crippen LogP contribution in [0.25, 0.3) is 0 Å². The summed E-state index contributed by atoms with van der Waals surface area (Å²) < 4.78 is 5.51. The van der Waals surface area contributed by atoms with E-state index in [0.717, 1.165) is 6.42 Å². The van der Waals surface area contributed by atoms with Crippen molar-refractivity contribution in [2.75, 3.05) is 5.73 Å². The van der Waals surface area contributed by atoms with E-state index in [1.54, 1.807) is 24.3 Å². The number of allylic oxidation sites excluding steroid dienone is 6. The molecule has 2 aromatic rings. The lowest BCUT2D eigenvalue weighted by Gasteiger charge is -2.28. The molecule has 0 aromatic heterocycles. The molecule has 0 saturated heterocycles. The van der Waals surface area contributed by atoms with Crippen LogP contribution in [-0.2, 0) is 5.41 Å². The molecule has 3 rings (SSSR count). The van der Waals surface area contributed by atoms with E-state index in [1.165, 1.54) is 16.7 Å². The normalized spacial score (nSPS) is 14.6. The first-order chi connectivity index (χ1) is 14.1. The largest absolute Gasteiger partial charge is 0.423 e. The van der Waals surface area contributed by atoms with E-state index in [1.807, 2.05) is 24.3 Å². The molecule has 2 N–H and O–H groups in total. The summed E-state index contributed by atoms with van der Waals surface area (Å²) in [5, 5.41) is 0. The van der Waals surface area contributed by atoms with Gasteiger partial charge in [-0.15, -0.1) is 0 Å². The van der Waals surface area contributed by atoms with E-state index in [0.29, 0.717) is 17.0 Å². The Bertz CT molecular complexity index is 998. The zero-order valence-corrected chi connectivity index (χ0v) is 18.5. The Labute approximate surface area is 180 Å². The molecular weight excluding hydrogens is 370 g/mol. The molecule has 1 aliphatic carbocycles. The van der Waals surface area contributed by atoms with E-state index in [-0.39, 0.29) is 10.8 Å². The Hall–Kier alpha value is -3.07. The fourth-order valence-electron chi connectivity index (χ4n) is 3.50. The Morgan fingerprint density at radius 3 is 2.13 bits per heavy atom. The monoisotopic (exact) mass is 401 g/mol. The van der Waals surface area contributed by atoms with Gasteiger partial charge in [-0.25, -0.2) is 4.79 Å². The van der Waals surface area contributed by atoms with Crippen LogP contribution in [-0.4, -0.2) is 5.97 Å². The van der Waals surface area contributed by atoms with Crippen LogP contribution in [0.5, 0.6) is 5.75 Å². The van der Waals surface area contributed by atoms with Crippen molar-refractivity contribution in [1.29, 1.82) is 0 Å². The van der Waals surface area contributed by atoms with Gasteiger partial charge >= 0.3 is 5.97 Å². The number of hydrogen-bond donors (Lipinski definition) is 1. The number of carbonyl (C=O) groups excluding carboxylic acids is 1. The van der Waals surface area contributed by atoms with Gasteiger partial charge in [-0.05, 0) is 59.4 Å². The molecule has 30 heavy (non-hydrogen) atoms. The zero-order chi connectivity index (χ0) is 21.9. The number of rotatable bonds is 4. The summed E-state index contributed by atoms with van der Waals surface area (Å²) in [6.07, 6.45) is 9.90. The molecule has 0 saturated carbocycles. The Kier molecular flexibility index (Phi) is 6.02. The Balaban J connectivity index is 1.77. The van der Waals surface area contributed by atoms with Crippen molar-refractivity contribution in [2.45, 2.75) is 46.5 Å². The van der Waals surface area contributed by atoms with Gasteiger partial charge in [0.2, 0.25) is 0 Å². The van der Waals surface area contributed by atoms with Crippen molar-refractivity contribution in [3.63, 3.8) is 0 Å². The average molecular weight is 402 g/mol.